The van der Waals surface area contributed by atoms with E-state index < -0.39 is 0 Å². The highest BCUT2D eigenvalue weighted by Gasteiger charge is 2.16. The van der Waals surface area contributed by atoms with E-state index in [9.17, 15) is 4.39 Å². The van der Waals surface area contributed by atoms with Crippen LogP contribution in [-0.4, -0.2) is 54.5 Å². The number of aryl methyl sites for hydroxylation is 1. The summed E-state index contributed by atoms with van der Waals surface area (Å²) in [7, 11) is 0. The van der Waals surface area contributed by atoms with E-state index >= 15 is 0 Å². The third-order valence-electron chi connectivity index (χ3n) is 3.58. The van der Waals surface area contributed by atoms with E-state index in [-0.39, 0.29) is 5.82 Å². The van der Waals surface area contributed by atoms with Crippen LogP contribution in [-0.2, 0) is 6.54 Å². The quantitative estimate of drug-likeness (QED) is 0.820. The summed E-state index contributed by atoms with van der Waals surface area (Å²) in [5, 5.41) is 0. The van der Waals surface area contributed by atoms with Crippen LogP contribution in [0.4, 0.5) is 4.39 Å². The fraction of sp³-hybridized carbons (Fsp3) is 0.600. The molecule has 1 aliphatic rings. The Kier molecular flexibility index (Phi) is 5.67. The van der Waals surface area contributed by atoms with Crippen LogP contribution in [0.3, 0.4) is 0 Å². The minimum absolute atomic E-state index is 0.117. The van der Waals surface area contributed by atoms with Crippen LogP contribution in [0.2, 0.25) is 0 Å². The zero-order chi connectivity index (χ0) is 13.7. The van der Waals surface area contributed by atoms with Gasteiger partial charge >= 0.3 is 0 Å². The van der Waals surface area contributed by atoms with Gasteiger partial charge in [-0.05, 0) is 36.4 Å². The zero-order valence-electron chi connectivity index (χ0n) is 11.9. The molecule has 0 aliphatic carbocycles. The predicted octanol–water partition coefficient (Wildman–Crippen LogP) is 2.61. The number of halogens is 1. The van der Waals surface area contributed by atoms with E-state index in [1.54, 1.807) is 12.1 Å². The summed E-state index contributed by atoms with van der Waals surface area (Å²) in [6.07, 6.45) is 2.16. The summed E-state index contributed by atoms with van der Waals surface area (Å²) >= 11 is 1.90. The number of nitrogens with zero attached hydrogens (tertiary/aromatic N) is 2. The third-order valence-corrected chi connectivity index (χ3v) is 4.18. The fourth-order valence-corrected chi connectivity index (χ4v) is 2.99. The van der Waals surface area contributed by atoms with Gasteiger partial charge in [-0.3, -0.25) is 9.80 Å². The molecule has 1 saturated heterocycles. The number of benzene rings is 1. The minimum atomic E-state index is -0.117. The van der Waals surface area contributed by atoms with Gasteiger partial charge in [0.1, 0.15) is 5.82 Å². The number of rotatable bonds is 5. The Morgan fingerprint density at radius 3 is 2.42 bits per heavy atom. The Morgan fingerprint density at radius 2 is 1.79 bits per heavy atom. The lowest BCUT2D eigenvalue weighted by Gasteiger charge is -2.34. The average molecular weight is 282 g/mol. The van der Waals surface area contributed by atoms with Crippen LogP contribution in [0, 0.1) is 12.7 Å². The first-order valence-corrected chi connectivity index (χ1v) is 8.26. The molecule has 1 aromatic carbocycles. The Balaban J connectivity index is 1.82. The van der Waals surface area contributed by atoms with Gasteiger partial charge < -0.3 is 0 Å². The van der Waals surface area contributed by atoms with Gasteiger partial charge in [-0.1, -0.05) is 6.07 Å². The van der Waals surface area contributed by atoms with Crippen molar-refractivity contribution in [3.8, 4) is 0 Å². The molecule has 2 rings (SSSR count). The monoisotopic (exact) mass is 282 g/mol. The lowest BCUT2D eigenvalue weighted by Crippen LogP contribution is -2.46. The maximum absolute atomic E-state index is 13.4. The van der Waals surface area contributed by atoms with Gasteiger partial charge in [-0.25, -0.2) is 4.39 Å². The SMILES string of the molecule is CSCCN1CCN(Cc2cc(C)cc(F)c2)CC1. The number of piperazine rings is 1. The lowest BCUT2D eigenvalue weighted by molar-refractivity contribution is 0.132. The van der Waals surface area contributed by atoms with Gasteiger partial charge in [-0.15, -0.1) is 0 Å². The first kappa shape index (κ1) is 14.8. The molecule has 0 amide bonds. The highest BCUT2D eigenvalue weighted by Crippen LogP contribution is 2.12. The fourth-order valence-electron chi connectivity index (χ4n) is 2.55. The van der Waals surface area contributed by atoms with Gasteiger partial charge in [0.25, 0.3) is 0 Å². The van der Waals surface area contributed by atoms with Crippen LogP contribution >= 0.6 is 11.8 Å². The van der Waals surface area contributed by atoms with Gasteiger partial charge in [0.15, 0.2) is 0 Å². The van der Waals surface area contributed by atoms with Gasteiger partial charge in [0.05, 0.1) is 0 Å². The van der Waals surface area contributed by atoms with Gasteiger partial charge in [-0.2, -0.15) is 11.8 Å². The van der Waals surface area contributed by atoms with E-state index in [4.69, 9.17) is 0 Å². The molecule has 0 unspecified atom stereocenters. The molecule has 1 aliphatic heterocycles. The first-order valence-electron chi connectivity index (χ1n) is 6.87. The van der Waals surface area contributed by atoms with Crippen molar-refractivity contribution in [1.82, 2.24) is 9.80 Å². The van der Waals surface area contributed by atoms with E-state index in [2.05, 4.69) is 22.1 Å². The van der Waals surface area contributed by atoms with Crippen molar-refractivity contribution in [2.24, 2.45) is 0 Å². The molecular weight excluding hydrogens is 259 g/mol. The Bertz CT molecular complexity index is 383. The molecule has 0 radical (unpaired) electrons. The maximum atomic E-state index is 13.4. The largest absolute Gasteiger partial charge is 0.300 e. The second-order valence-electron chi connectivity index (χ2n) is 5.25. The summed E-state index contributed by atoms with van der Waals surface area (Å²) in [4.78, 5) is 4.94. The smallest absolute Gasteiger partial charge is 0.123 e. The standard InChI is InChI=1S/C15H23FN2S/c1-13-9-14(11-15(16)10-13)12-18-5-3-17(4-6-18)7-8-19-2/h9-11H,3-8,12H2,1-2H3. The van der Waals surface area contributed by atoms with Crippen LogP contribution < -0.4 is 0 Å². The summed E-state index contributed by atoms with van der Waals surface area (Å²) in [6, 6.07) is 5.33. The Morgan fingerprint density at radius 1 is 1.11 bits per heavy atom. The van der Waals surface area contributed by atoms with Crippen molar-refractivity contribution < 1.29 is 4.39 Å². The van der Waals surface area contributed by atoms with Crippen molar-refractivity contribution in [2.45, 2.75) is 13.5 Å². The van der Waals surface area contributed by atoms with Crippen molar-refractivity contribution in [2.75, 3.05) is 44.7 Å². The van der Waals surface area contributed by atoms with Crippen molar-refractivity contribution >= 4 is 11.8 Å². The third kappa shape index (κ3) is 4.79. The molecule has 0 aromatic heterocycles. The normalized spacial score (nSPS) is 17.8. The van der Waals surface area contributed by atoms with E-state index in [0.29, 0.717) is 0 Å². The molecule has 19 heavy (non-hydrogen) atoms. The molecule has 0 saturated carbocycles. The molecule has 0 bridgehead atoms. The van der Waals surface area contributed by atoms with E-state index in [1.165, 1.54) is 12.3 Å². The molecule has 106 valence electrons. The lowest BCUT2D eigenvalue weighted by atomic mass is 10.1. The molecule has 0 N–H and O–H groups in total. The molecule has 2 nitrogen and oxygen atoms in total. The second kappa shape index (κ2) is 7.27. The summed E-state index contributed by atoms with van der Waals surface area (Å²) in [5.41, 5.74) is 2.10. The summed E-state index contributed by atoms with van der Waals surface area (Å²) < 4.78 is 13.4. The van der Waals surface area contributed by atoms with Crippen LogP contribution in [0.15, 0.2) is 18.2 Å². The first-order chi connectivity index (χ1) is 9.17. The van der Waals surface area contributed by atoms with E-state index in [1.807, 2.05) is 18.7 Å². The highest BCUT2D eigenvalue weighted by molar-refractivity contribution is 7.98. The Labute approximate surface area is 120 Å². The van der Waals surface area contributed by atoms with Gasteiger partial charge in [0, 0.05) is 45.0 Å². The number of thioether (sulfide) groups is 1. The van der Waals surface area contributed by atoms with Crippen molar-refractivity contribution in [1.29, 1.82) is 0 Å². The van der Waals surface area contributed by atoms with E-state index in [0.717, 1.165) is 43.9 Å². The molecular formula is C15H23FN2S. The zero-order valence-corrected chi connectivity index (χ0v) is 12.7. The molecule has 0 spiro atoms. The molecule has 1 heterocycles. The molecule has 1 fully saturated rings. The second-order valence-corrected chi connectivity index (χ2v) is 6.23. The highest BCUT2D eigenvalue weighted by atomic mass is 32.2. The molecule has 0 atom stereocenters. The topological polar surface area (TPSA) is 6.48 Å². The molecule has 4 heteroatoms. The number of hydrogen-bond acceptors (Lipinski definition) is 3. The summed E-state index contributed by atoms with van der Waals surface area (Å²) in [5.74, 6) is 1.09. The van der Waals surface area contributed by atoms with Crippen LogP contribution in [0.5, 0.6) is 0 Å². The maximum Gasteiger partial charge on any atom is 0.123 e. The van der Waals surface area contributed by atoms with Crippen LogP contribution in [0.1, 0.15) is 11.1 Å². The van der Waals surface area contributed by atoms with Crippen LogP contribution in [0.25, 0.3) is 0 Å². The predicted molar refractivity (Wildman–Crippen MR) is 81.2 cm³/mol. The summed E-state index contributed by atoms with van der Waals surface area (Å²) in [6.45, 7) is 8.45. The molecule has 1 aromatic rings. The Hall–Kier alpha value is -0.580. The van der Waals surface area contributed by atoms with Crippen molar-refractivity contribution in [3.63, 3.8) is 0 Å². The van der Waals surface area contributed by atoms with Gasteiger partial charge in [0.2, 0.25) is 0 Å². The van der Waals surface area contributed by atoms with Crippen molar-refractivity contribution in [3.05, 3.63) is 35.1 Å². The average Bonchev–Trinajstić information content (AvgIpc) is 2.37. The number of hydrogen-bond donors (Lipinski definition) is 0. The minimum Gasteiger partial charge on any atom is -0.300 e.